The van der Waals surface area contributed by atoms with Crippen LogP contribution in [0.2, 0.25) is 0 Å². The lowest BCUT2D eigenvalue weighted by molar-refractivity contribution is 0.0610. The van der Waals surface area contributed by atoms with Gasteiger partial charge in [0.2, 0.25) is 0 Å². The molecule has 0 radical (unpaired) electrons. The molecule has 1 saturated heterocycles. The summed E-state index contributed by atoms with van der Waals surface area (Å²) in [7, 11) is 0. The van der Waals surface area contributed by atoms with Gasteiger partial charge in [-0.15, -0.1) is 0 Å². The lowest BCUT2D eigenvalue weighted by atomic mass is 10.0. The van der Waals surface area contributed by atoms with Crippen LogP contribution in [0.1, 0.15) is 10.4 Å². The van der Waals surface area contributed by atoms with Crippen LogP contribution >= 0.6 is 11.3 Å². The van der Waals surface area contributed by atoms with Crippen LogP contribution in [-0.2, 0) is 0 Å². The van der Waals surface area contributed by atoms with Crippen LogP contribution in [-0.4, -0.2) is 44.5 Å². The molecule has 130 valence electrons. The van der Waals surface area contributed by atoms with Gasteiger partial charge in [-0.25, -0.2) is 14.3 Å². The predicted molar refractivity (Wildman–Crippen MR) is 101 cm³/mol. The number of likely N-dealkylation sites (tertiary alicyclic amines) is 1. The third kappa shape index (κ3) is 2.19. The van der Waals surface area contributed by atoms with E-state index in [1.807, 2.05) is 35.0 Å². The third-order valence-electron chi connectivity index (χ3n) is 4.78. The van der Waals surface area contributed by atoms with Gasteiger partial charge in [0.1, 0.15) is 0 Å². The number of pyridine rings is 1. The maximum absolute atomic E-state index is 12.9. The Bertz CT molecular complexity index is 1200. The summed E-state index contributed by atoms with van der Waals surface area (Å²) in [4.78, 5) is 26.9. The first-order chi connectivity index (χ1) is 12.6. The second kappa shape index (κ2) is 5.52. The standard InChI is InChI=1S/C18H15N5O2S/c19-12-7-22(8-12)17(24)14-6-16-20-21-18(25)23(16)15-5-10(1-2-13(14)15)11-3-4-26-9-11/h1-6,9,12H,7-8,19H2,(H,21,25). The highest BCUT2D eigenvalue weighted by molar-refractivity contribution is 7.08. The number of aromatic amines is 1. The fourth-order valence-electron chi connectivity index (χ4n) is 3.42. The zero-order valence-electron chi connectivity index (χ0n) is 13.7. The predicted octanol–water partition coefficient (Wildman–Crippen LogP) is 1.69. The molecule has 7 nitrogen and oxygen atoms in total. The van der Waals surface area contributed by atoms with Crippen LogP contribution in [0.3, 0.4) is 0 Å². The number of benzene rings is 1. The van der Waals surface area contributed by atoms with Crippen molar-refractivity contribution in [3.8, 4) is 11.1 Å². The maximum Gasteiger partial charge on any atom is 0.348 e. The number of H-pyrrole nitrogens is 1. The van der Waals surface area contributed by atoms with E-state index in [4.69, 9.17) is 5.73 Å². The van der Waals surface area contributed by atoms with E-state index in [1.165, 1.54) is 4.40 Å². The second-order valence-electron chi connectivity index (χ2n) is 6.49. The van der Waals surface area contributed by atoms with Gasteiger partial charge in [-0.3, -0.25) is 4.79 Å². The SMILES string of the molecule is NC1CN(C(=O)c2cc3n[nH]c(=O)n3c3cc(-c4ccsc4)ccc23)C1. The molecule has 3 aromatic heterocycles. The van der Waals surface area contributed by atoms with Gasteiger partial charge in [0.25, 0.3) is 5.91 Å². The molecule has 0 atom stereocenters. The zero-order chi connectivity index (χ0) is 17.8. The molecule has 4 aromatic rings. The number of carbonyl (C=O) groups is 1. The normalized spacial score (nSPS) is 14.9. The van der Waals surface area contributed by atoms with E-state index in [0.29, 0.717) is 29.8 Å². The maximum atomic E-state index is 12.9. The molecule has 1 fully saturated rings. The number of hydrogen-bond donors (Lipinski definition) is 2. The molecular weight excluding hydrogens is 350 g/mol. The molecule has 1 amide bonds. The molecule has 1 aromatic carbocycles. The Hall–Kier alpha value is -2.97. The monoisotopic (exact) mass is 365 g/mol. The number of nitrogens with zero attached hydrogens (tertiary/aromatic N) is 3. The number of fused-ring (bicyclic) bond motifs is 3. The van der Waals surface area contributed by atoms with Crippen LogP contribution in [0.15, 0.2) is 45.9 Å². The molecule has 0 saturated carbocycles. The molecule has 5 rings (SSSR count). The van der Waals surface area contributed by atoms with E-state index in [0.717, 1.165) is 16.5 Å². The van der Waals surface area contributed by atoms with Gasteiger partial charge in [0.15, 0.2) is 5.65 Å². The molecule has 1 aliphatic rings. The number of nitrogens with two attached hydrogens (primary N) is 1. The van der Waals surface area contributed by atoms with E-state index in [9.17, 15) is 9.59 Å². The Morgan fingerprint density at radius 3 is 2.81 bits per heavy atom. The summed E-state index contributed by atoms with van der Waals surface area (Å²) in [6.07, 6.45) is 0. The Kier molecular flexibility index (Phi) is 3.25. The summed E-state index contributed by atoms with van der Waals surface area (Å²) in [5.74, 6) is -0.0852. The number of nitrogens with one attached hydrogen (secondary N) is 1. The molecule has 4 heterocycles. The Balaban J connectivity index is 1.77. The second-order valence-corrected chi connectivity index (χ2v) is 7.27. The molecule has 1 aliphatic heterocycles. The summed E-state index contributed by atoms with van der Waals surface area (Å²) in [5.41, 5.74) is 9.18. The van der Waals surface area contributed by atoms with Gasteiger partial charge in [0, 0.05) is 24.5 Å². The quantitative estimate of drug-likeness (QED) is 0.565. The number of amides is 1. The van der Waals surface area contributed by atoms with Crippen molar-refractivity contribution in [1.82, 2.24) is 19.5 Å². The number of rotatable bonds is 2. The zero-order valence-corrected chi connectivity index (χ0v) is 14.5. The minimum absolute atomic E-state index is 0.0344. The van der Waals surface area contributed by atoms with E-state index < -0.39 is 0 Å². The summed E-state index contributed by atoms with van der Waals surface area (Å²) >= 11 is 1.61. The van der Waals surface area contributed by atoms with E-state index in [2.05, 4.69) is 10.2 Å². The first-order valence-corrected chi connectivity index (χ1v) is 9.17. The molecule has 0 spiro atoms. The van der Waals surface area contributed by atoms with Crippen molar-refractivity contribution in [1.29, 1.82) is 0 Å². The van der Waals surface area contributed by atoms with Crippen molar-refractivity contribution in [2.75, 3.05) is 13.1 Å². The third-order valence-corrected chi connectivity index (χ3v) is 5.47. The summed E-state index contributed by atoms with van der Waals surface area (Å²) in [6, 6.07) is 9.52. The highest BCUT2D eigenvalue weighted by Crippen LogP contribution is 2.29. The first kappa shape index (κ1) is 15.3. The Labute approximate surface area is 151 Å². The molecule has 0 unspecified atom stereocenters. The largest absolute Gasteiger partial charge is 0.348 e. The van der Waals surface area contributed by atoms with Gasteiger partial charge in [-0.1, -0.05) is 12.1 Å². The van der Waals surface area contributed by atoms with Crippen LogP contribution < -0.4 is 11.4 Å². The number of carbonyl (C=O) groups excluding carboxylic acids is 1. The van der Waals surface area contributed by atoms with Crippen LogP contribution in [0.5, 0.6) is 0 Å². The van der Waals surface area contributed by atoms with E-state index in [1.54, 1.807) is 22.3 Å². The fourth-order valence-corrected chi connectivity index (χ4v) is 4.09. The van der Waals surface area contributed by atoms with Crippen LogP contribution in [0, 0.1) is 0 Å². The van der Waals surface area contributed by atoms with Crippen molar-refractivity contribution in [2.45, 2.75) is 6.04 Å². The van der Waals surface area contributed by atoms with Crippen molar-refractivity contribution >= 4 is 33.8 Å². The van der Waals surface area contributed by atoms with Crippen molar-refractivity contribution < 1.29 is 4.79 Å². The van der Waals surface area contributed by atoms with E-state index in [-0.39, 0.29) is 17.6 Å². The Morgan fingerprint density at radius 1 is 1.23 bits per heavy atom. The molecular formula is C18H15N5O2S. The average Bonchev–Trinajstić information content (AvgIpc) is 3.27. The van der Waals surface area contributed by atoms with Crippen molar-refractivity contribution in [3.63, 3.8) is 0 Å². The first-order valence-electron chi connectivity index (χ1n) is 8.23. The number of aromatic nitrogens is 3. The molecule has 0 aliphatic carbocycles. The van der Waals surface area contributed by atoms with Gasteiger partial charge in [-0.2, -0.15) is 16.4 Å². The summed E-state index contributed by atoms with van der Waals surface area (Å²) in [5, 5.41) is 11.3. The Morgan fingerprint density at radius 2 is 2.08 bits per heavy atom. The molecule has 3 N–H and O–H groups in total. The highest BCUT2D eigenvalue weighted by Gasteiger charge is 2.30. The number of thiophene rings is 1. The van der Waals surface area contributed by atoms with Crippen molar-refractivity contribution in [3.05, 3.63) is 57.1 Å². The van der Waals surface area contributed by atoms with Gasteiger partial charge >= 0.3 is 5.69 Å². The lowest BCUT2D eigenvalue weighted by Gasteiger charge is -2.37. The average molecular weight is 365 g/mol. The topological polar surface area (TPSA) is 96.5 Å². The fraction of sp³-hybridized carbons (Fsp3) is 0.167. The van der Waals surface area contributed by atoms with Crippen LogP contribution in [0.4, 0.5) is 0 Å². The minimum Gasteiger partial charge on any atom is -0.335 e. The number of hydrogen-bond acceptors (Lipinski definition) is 5. The molecule has 0 bridgehead atoms. The molecule has 26 heavy (non-hydrogen) atoms. The lowest BCUT2D eigenvalue weighted by Crippen LogP contribution is -2.57. The molecule has 8 heteroatoms. The van der Waals surface area contributed by atoms with Crippen molar-refractivity contribution in [2.24, 2.45) is 5.73 Å². The van der Waals surface area contributed by atoms with Gasteiger partial charge < -0.3 is 10.6 Å². The minimum atomic E-state index is -0.322. The van der Waals surface area contributed by atoms with Gasteiger partial charge in [0.05, 0.1) is 11.1 Å². The van der Waals surface area contributed by atoms with Crippen LogP contribution in [0.25, 0.3) is 27.7 Å². The smallest absolute Gasteiger partial charge is 0.335 e. The van der Waals surface area contributed by atoms with Gasteiger partial charge in [-0.05, 0) is 40.1 Å². The summed E-state index contributed by atoms with van der Waals surface area (Å²) < 4.78 is 1.50. The highest BCUT2D eigenvalue weighted by atomic mass is 32.1. The van der Waals surface area contributed by atoms with E-state index >= 15 is 0 Å². The summed E-state index contributed by atoms with van der Waals surface area (Å²) in [6.45, 7) is 1.09.